The third-order valence-electron chi connectivity index (χ3n) is 2.61. The molecule has 2 nitrogen and oxygen atoms in total. The zero-order chi connectivity index (χ0) is 11.5. The molecule has 2 aromatic heterocycles. The van der Waals surface area contributed by atoms with Crippen molar-refractivity contribution in [1.29, 1.82) is 0 Å². The van der Waals surface area contributed by atoms with Crippen molar-refractivity contribution in [2.24, 2.45) is 0 Å². The fourth-order valence-electron chi connectivity index (χ4n) is 1.69. The molecule has 0 saturated heterocycles. The minimum absolute atomic E-state index is 0.955. The summed E-state index contributed by atoms with van der Waals surface area (Å²) in [5.41, 5.74) is 2.40. The third-order valence-corrected chi connectivity index (χ3v) is 3.89. The molecule has 0 unspecified atom stereocenters. The summed E-state index contributed by atoms with van der Waals surface area (Å²) >= 11 is 1.85. The van der Waals surface area contributed by atoms with Crippen LogP contribution in [0, 0.1) is 6.92 Å². The summed E-state index contributed by atoms with van der Waals surface area (Å²) in [4.78, 5) is 7.13. The quantitative estimate of drug-likeness (QED) is 0.872. The molecule has 84 valence electrons. The fourth-order valence-corrected chi connectivity index (χ4v) is 2.62. The van der Waals surface area contributed by atoms with E-state index in [0.29, 0.717) is 0 Å². The molecule has 0 bridgehead atoms. The number of hydrogen-bond donors (Lipinski definition) is 1. The summed E-state index contributed by atoms with van der Waals surface area (Å²) in [6.07, 6.45) is 3.04. The first-order valence-electron chi connectivity index (χ1n) is 5.48. The zero-order valence-corrected chi connectivity index (χ0v) is 10.7. The van der Waals surface area contributed by atoms with E-state index in [1.54, 1.807) is 0 Å². The smallest absolute Gasteiger partial charge is 0.128 e. The Hall–Kier alpha value is -1.35. The maximum absolute atomic E-state index is 4.40. The predicted octanol–water partition coefficient (Wildman–Crippen LogP) is 3.72. The molecule has 0 atom stereocenters. The minimum atomic E-state index is 0.955. The number of anilines is 1. The molecule has 0 spiro atoms. The van der Waals surface area contributed by atoms with E-state index in [0.717, 1.165) is 12.2 Å². The number of pyridine rings is 1. The Kier molecular flexibility index (Phi) is 3.25. The number of nitrogens with zero attached hydrogens (tertiary/aromatic N) is 1. The summed E-state index contributed by atoms with van der Waals surface area (Å²) < 4.78 is 0. The number of nitrogens with one attached hydrogen (secondary N) is 1. The molecule has 0 aliphatic carbocycles. The Morgan fingerprint density at radius 1 is 1.38 bits per heavy atom. The number of thiophene rings is 1. The Morgan fingerprint density at radius 3 is 2.75 bits per heavy atom. The molecule has 1 N–H and O–H groups in total. The van der Waals surface area contributed by atoms with Crippen LogP contribution in [0.3, 0.4) is 0 Å². The Morgan fingerprint density at radius 2 is 2.19 bits per heavy atom. The van der Waals surface area contributed by atoms with Gasteiger partial charge in [-0.3, -0.25) is 0 Å². The molecule has 0 fully saturated rings. The van der Waals surface area contributed by atoms with Gasteiger partial charge in [-0.15, -0.1) is 11.3 Å². The second kappa shape index (κ2) is 4.66. The molecule has 0 saturated carbocycles. The van der Waals surface area contributed by atoms with Gasteiger partial charge in [-0.05, 0) is 37.1 Å². The second-order valence-corrected chi connectivity index (χ2v) is 4.93. The summed E-state index contributed by atoms with van der Waals surface area (Å²) in [6, 6.07) is 6.56. The third kappa shape index (κ3) is 2.09. The van der Waals surface area contributed by atoms with E-state index in [2.05, 4.69) is 42.3 Å². The van der Waals surface area contributed by atoms with E-state index in [1.807, 2.05) is 24.6 Å². The van der Waals surface area contributed by atoms with Crippen molar-refractivity contribution < 1.29 is 0 Å². The van der Waals surface area contributed by atoms with E-state index < -0.39 is 0 Å². The Balaban J connectivity index is 2.37. The van der Waals surface area contributed by atoms with Crippen molar-refractivity contribution in [3.05, 3.63) is 34.8 Å². The first-order valence-corrected chi connectivity index (χ1v) is 6.29. The molecule has 0 amide bonds. The van der Waals surface area contributed by atoms with Gasteiger partial charge in [0, 0.05) is 28.6 Å². The molecule has 0 aliphatic heterocycles. The number of aryl methyl sites for hydroxylation is 2. The largest absolute Gasteiger partial charge is 0.373 e. The average molecular weight is 232 g/mol. The highest BCUT2D eigenvalue weighted by atomic mass is 32.1. The highest BCUT2D eigenvalue weighted by Gasteiger charge is 2.04. The Bertz CT molecular complexity index is 488. The van der Waals surface area contributed by atoms with Gasteiger partial charge in [0.25, 0.3) is 0 Å². The lowest BCUT2D eigenvalue weighted by atomic mass is 10.2. The summed E-state index contributed by atoms with van der Waals surface area (Å²) in [6.45, 7) is 4.26. The maximum atomic E-state index is 4.40. The molecular formula is C13H16N2S. The van der Waals surface area contributed by atoms with Gasteiger partial charge in [-0.1, -0.05) is 6.92 Å². The number of hydrogen-bond acceptors (Lipinski definition) is 3. The normalized spacial score (nSPS) is 10.4. The number of aromatic nitrogens is 1. The second-order valence-electron chi connectivity index (χ2n) is 3.76. The lowest BCUT2D eigenvalue weighted by Crippen LogP contribution is -1.95. The van der Waals surface area contributed by atoms with Gasteiger partial charge in [-0.25, -0.2) is 4.98 Å². The molecule has 0 radical (unpaired) electrons. The van der Waals surface area contributed by atoms with Crippen molar-refractivity contribution >= 4 is 17.2 Å². The van der Waals surface area contributed by atoms with E-state index >= 15 is 0 Å². The van der Waals surface area contributed by atoms with Crippen LogP contribution >= 0.6 is 11.3 Å². The van der Waals surface area contributed by atoms with E-state index in [1.165, 1.54) is 20.9 Å². The lowest BCUT2D eigenvalue weighted by molar-refractivity contribution is 1.19. The molecule has 2 rings (SSSR count). The van der Waals surface area contributed by atoms with Crippen molar-refractivity contribution in [3.63, 3.8) is 0 Å². The highest BCUT2D eigenvalue weighted by molar-refractivity contribution is 7.15. The fraction of sp³-hybridized carbons (Fsp3) is 0.308. The van der Waals surface area contributed by atoms with Crippen LogP contribution in [-0.2, 0) is 6.42 Å². The van der Waals surface area contributed by atoms with Crippen LogP contribution in [0.1, 0.15) is 17.4 Å². The zero-order valence-electron chi connectivity index (χ0n) is 9.87. The van der Waals surface area contributed by atoms with Gasteiger partial charge in [0.15, 0.2) is 0 Å². The highest BCUT2D eigenvalue weighted by Crippen LogP contribution is 2.29. The summed E-state index contributed by atoms with van der Waals surface area (Å²) in [5, 5.41) is 3.08. The van der Waals surface area contributed by atoms with Crippen LogP contribution in [0.25, 0.3) is 10.4 Å². The maximum Gasteiger partial charge on any atom is 0.128 e. The molecule has 0 aliphatic rings. The van der Waals surface area contributed by atoms with Gasteiger partial charge in [0.05, 0.1) is 0 Å². The molecular weight excluding hydrogens is 216 g/mol. The van der Waals surface area contributed by atoms with Gasteiger partial charge >= 0.3 is 0 Å². The van der Waals surface area contributed by atoms with Crippen molar-refractivity contribution in [2.75, 3.05) is 12.4 Å². The van der Waals surface area contributed by atoms with Gasteiger partial charge < -0.3 is 5.32 Å². The first kappa shape index (κ1) is 11.1. The van der Waals surface area contributed by atoms with E-state index in [-0.39, 0.29) is 0 Å². The SMILES string of the molecule is CCc1ccc(-c2cnc(NC)c(C)c2)s1. The van der Waals surface area contributed by atoms with Gasteiger partial charge in [0.2, 0.25) is 0 Å². The van der Waals surface area contributed by atoms with Crippen LogP contribution in [-0.4, -0.2) is 12.0 Å². The van der Waals surface area contributed by atoms with Gasteiger partial charge in [-0.2, -0.15) is 0 Å². The van der Waals surface area contributed by atoms with Crippen LogP contribution < -0.4 is 5.32 Å². The molecule has 0 aromatic carbocycles. The van der Waals surface area contributed by atoms with Crippen molar-refractivity contribution in [2.45, 2.75) is 20.3 Å². The van der Waals surface area contributed by atoms with Crippen molar-refractivity contribution in [3.8, 4) is 10.4 Å². The van der Waals surface area contributed by atoms with Crippen LogP contribution in [0.15, 0.2) is 24.4 Å². The predicted molar refractivity (Wildman–Crippen MR) is 71.2 cm³/mol. The minimum Gasteiger partial charge on any atom is -0.373 e. The molecule has 3 heteroatoms. The van der Waals surface area contributed by atoms with Crippen LogP contribution in [0.2, 0.25) is 0 Å². The first-order chi connectivity index (χ1) is 7.74. The molecule has 16 heavy (non-hydrogen) atoms. The van der Waals surface area contributed by atoms with E-state index in [4.69, 9.17) is 0 Å². The van der Waals surface area contributed by atoms with Gasteiger partial charge in [0.1, 0.15) is 5.82 Å². The van der Waals surface area contributed by atoms with E-state index in [9.17, 15) is 0 Å². The topological polar surface area (TPSA) is 24.9 Å². The summed E-state index contributed by atoms with van der Waals surface area (Å²) in [5.74, 6) is 0.955. The van der Waals surface area contributed by atoms with Crippen LogP contribution in [0.4, 0.5) is 5.82 Å². The lowest BCUT2D eigenvalue weighted by Gasteiger charge is -2.05. The van der Waals surface area contributed by atoms with Crippen molar-refractivity contribution in [1.82, 2.24) is 4.98 Å². The number of rotatable bonds is 3. The standard InChI is InChI=1S/C13H16N2S/c1-4-11-5-6-12(16-11)10-7-9(2)13(14-3)15-8-10/h5-8H,4H2,1-3H3,(H,14,15). The van der Waals surface area contributed by atoms with Crippen LogP contribution in [0.5, 0.6) is 0 Å². The summed E-state index contributed by atoms with van der Waals surface area (Å²) in [7, 11) is 1.90. The molecule has 2 aromatic rings. The monoisotopic (exact) mass is 232 g/mol. The Labute approximate surface area is 100 Å². The molecule has 2 heterocycles. The average Bonchev–Trinajstić information content (AvgIpc) is 2.77.